The molecular weight excluding hydrogens is 519 g/mol. The van der Waals surface area contributed by atoms with Crippen molar-refractivity contribution in [1.82, 2.24) is 14.0 Å². The molecule has 11 heteroatoms. The molecule has 0 radical (unpaired) electrons. The van der Waals surface area contributed by atoms with Gasteiger partial charge < -0.3 is 14.0 Å². The maximum atomic E-state index is 13.3. The van der Waals surface area contributed by atoms with Gasteiger partial charge in [-0.25, -0.2) is 9.78 Å². The Bertz CT molecular complexity index is 1630. The van der Waals surface area contributed by atoms with Gasteiger partial charge in [-0.3, -0.25) is 14.0 Å². The van der Waals surface area contributed by atoms with Crippen molar-refractivity contribution in [3.63, 3.8) is 0 Å². The highest BCUT2D eigenvalue weighted by Gasteiger charge is 2.20. The summed E-state index contributed by atoms with van der Waals surface area (Å²) in [6.45, 7) is 3.70. The number of esters is 1. The number of aryl methyl sites for hydroxylation is 1. The topological polar surface area (TPSA) is 104 Å². The van der Waals surface area contributed by atoms with E-state index in [1.54, 1.807) is 48.0 Å². The average Bonchev–Trinajstić information content (AvgIpc) is 2.87. The molecule has 1 amide bonds. The molecule has 0 spiro atoms. The number of rotatable bonds is 8. The Morgan fingerprint density at radius 3 is 2.65 bits per heavy atom. The third-order valence-electron chi connectivity index (χ3n) is 5.50. The first kappa shape index (κ1) is 26.4. The summed E-state index contributed by atoms with van der Waals surface area (Å²) in [6.07, 6.45) is 3.11. The van der Waals surface area contributed by atoms with Crippen LogP contribution >= 0.6 is 23.2 Å². The van der Waals surface area contributed by atoms with E-state index in [9.17, 15) is 14.4 Å². The molecule has 0 fully saturated rings. The van der Waals surface area contributed by atoms with Gasteiger partial charge in [0.1, 0.15) is 22.6 Å². The molecule has 3 aromatic heterocycles. The van der Waals surface area contributed by atoms with Gasteiger partial charge in [-0.15, -0.1) is 0 Å². The first-order valence-corrected chi connectivity index (χ1v) is 12.5. The van der Waals surface area contributed by atoms with Crippen LogP contribution in [-0.4, -0.2) is 39.0 Å². The summed E-state index contributed by atoms with van der Waals surface area (Å²) < 4.78 is 13.8. The zero-order valence-corrected chi connectivity index (χ0v) is 21.8. The highest BCUT2D eigenvalue weighted by atomic mass is 35.5. The molecule has 0 N–H and O–H groups in total. The first-order chi connectivity index (χ1) is 17.8. The number of carbonyl (C=O) groups excluding carboxylic acids is 2. The smallest absolute Gasteiger partial charge is 0.341 e. The number of aromatic nitrogens is 3. The summed E-state index contributed by atoms with van der Waals surface area (Å²) >= 11 is 12.0. The summed E-state index contributed by atoms with van der Waals surface area (Å²) in [6, 6.07) is 11.2. The lowest BCUT2D eigenvalue weighted by molar-refractivity contribution is -0.120. The van der Waals surface area contributed by atoms with Gasteiger partial charge in [-0.05, 0) is 49.7 Å². The van der Waals surface area contributed by atoms with Gasteiger partial charge in [0.25, 0.3) is 11.5 Å². The second-order valence-electron chi connectivity index (χ2n) is 8.06. The van der Waals surface area contributed by atoms with Crippen LogP contribution in [-0.2, 0) is 16.1 Å². The normalized spacial score (nSPS) is 11.7. The number of benzene rings is 1. The molecule has 4 aromatic rings. The molecule has 9 nitrogen and oxygen atoms in total. The molecule has 0 bridgehead atoms. The fourth-order valence-electron chi connectivity index (χ4n) is 3.77. The lowest BCUT2D eigenvalue weighted by Gasteiger charge is -2.15. The fraction of sp³-hybridized carbons (Fsp3) is 0.269. The van der Waals surface area contributed by atoms with Crippen LogP contribution < -0.4 is 15.8 Å². The van der Waals surface area contributed by atoms with Gasteiger partial charge >= 0.3 is 5.97 Å². The minimum absolute atomic E-state index is 0.0156. The van der Waals surface area contributed by atoms with Gasteiger partial charge in [0, 0.05) is 17.8 Å². The molecule has 0 aliphatic carbocycles. The largest absolute Gasteiger partial charge is 0.482 e. The molecule has 4 rings (SSSR count). The zero-order valence-electron chi connectivity index (χ0n) is 20.2. The molecule has 3 heterocycles. The molecule has 0 saturated heterocycles. The van der Waals surface area contributed by atoms with Gasteiger partial charge in [-0.1, -0.05) is 42.6 Å². The standard InChI is InChI=1S/C26H24Cl2N4O5/c1-3-5-11-32-23-17(25(34)31-12-7-6-8-21(31)29-23)14-18(26(35)36-4-2)24(32)30-22(33)15-37-20-10-9-16(27)13-19(20)28/h6-10,12-14H,3-5,11,15H2,1-2H3. The Morgan fingerprint density at radius 2 is 1.92 bits per heavy atom. The Morgan fingerprint density at radius 1 is 1.11 bits per heavy atom. The van der Waals surface area contributed by atoms with Crippen LogP contribution in [0.3, 0.4) is 0 Å². The van der Waals surface area contributed by atoms with E-state index >= 15 is 0 Å². The molecule has 0 aliphatic heterocycles. The molecule has 0 atom stereocenters. The maximum Gasteiger partial charge on any atom is 0.341 e. The van der Waals surface area contributed by atoms with Crippen molar-refractivity contribution >= 4 is 51.8 Å². The van der Waals surface area contributed by atoms with Crippen molar-refractivity contribution in [2.24, 2.45) is 4.99 Å². The average molecular weight is 543 g/mol. The third kappa shape index (κ3) is 5.68. The van der Waals surface area contributed by atoms with Gasteiger partial charge in [0.2, 0.25) is 0 Å². The SMILES string of the molecule is CCCCn1c(=NC(=O)COc2ccc(Cl)cc2Cl)c(C(=O)OCC)cc2c(=O)n3ccccc3nc21. The molecule has 192 valence electrons. The Kier molecular flexibility index (Phi) is 8.25. The second kappa shape index (κ2) is 11.6. The maximum absolute atomic E-state index is 13.3. The highest BCUT2D eigenvalue weighted by molar-refractivity contribution is 6.35. The van der Waals surface area contributed by atoms with Crippen LogP contribution in [0.25, 0.3) is 16.7 Å². The van der Waals surface area contributed by atoms with E-state index in [0.29, 0.717) is 29.3 Å². The van der Waals surface area contributed by atoms with Crippen molar-refractivity contribution in [2.75, 3.05) is 13.2 Å². The highest BCUT2D eigenvalue weighted by Crippen LogP contribution is 2.27. The summed E-state index contributed by atoms with van der Waals surface area (Å²) in [7, 11) is 0. The van der Waals surface area contributed by atoms with E-state index in [0.717, 1.165) is 6.42 Å². The number of ether oxygens (including phenoxy) is 2. The van der Waals surface area contributed by atoms with Crippen LogP contribution in [0.2, 0.25) is 10.0 Å². The van der Waals surface area contributed by atoms with Crippen molar-refractivity contribution < 1.29 is 19.1 Å². The van der Waals surface area contributed by atoms with Crippen LogP contribution in [0.4, 0.5) is 0 Å². The summed E-state index contributed by atoms with van der Waals surface area (Å²) in [5.41, 5.74) is 0.411. The quantitative estimate of drug-likeness (QED) is 0.241. The fourth-order valence-corrected chi connectivity index (χ4v) is 4.23. The van der Waals surface area contributed by atoms with Crippen molar-refractivity contribution in [3.05, 3.63) is 80.1 Å². The Hall–Kier alpha value is -3.69. The van der Waals surface area contributed by atoms with E-state index in [-0.39, 0.29) is 39.4 Å². The minimum Gasteiger partial charge on any atom is -0.482 e. The number of fused-ring (bicyclic) bond motifs is 2. The molecule has 1 aromatic carbocycles. The van der Waals surface area contributed by atoms with E-state index in [2.05, 4.69) is 9.98 Å². The number of nitrogens with zero attached hydrogens (tertiary/aromatic N) is 4. The summed E-state index contributed by atoms with van der Waals surface area (Å²) in [5, 5.41) is 0.878. The number of hydrogen-bond donors (Lipinski definition) is 0. The lowest BCUT2D eigenvalue weighted by Crippen LogP contribution is -2.33. The van der Waals surface area contributed by atoms with Gasteiger partial charge in [-0.2, -0.15) is 4.99 Å². The molecule has 37 heavy (non-hydrogen) atoms. The van der Waals surface area contributed by atoms with Crippen LogP contribution in [0.15, 0.2) is 58.4 Å². The number of unbranched alkanes of at least 4 members (excludes halogenated alkanes) is 1. The van der Waals surface area contributed by atoms with Gasteiger partial charge in [0.05, 0.1) is 17.0 Å². The Labute approximate surface area is 221 Å². The zero-order chi connectivity index (χ0) is 26.5. The van der Waals surface area contributed by atoms with Crippen molar-refractivity contribution in [2.45, 2.75) is 33.2 Å². The van der Waals surface area contributed by atoms with Crippen LogP contribution in [0, 0.1) is 0 Å². The van der Waals surface area contributed by atoms with Gasteiger partial charge in [0.15, 0.2) is 12.1 Å². The number of pyridine rings is 2. The number of halogens is 2. The monoisotopic (exact) mass is 542 g/mol. The van der Waals surface area contributed by atoms with E-state index in [1.807, 2.05) is 6.92 Å². The lowest BCUT2D eigenvalue weighted by atomic mass is 10.2. The first-order valence-electron chi connectivity index (χ1n) is 11.7. The van der Waals surface area contributed by atoms with Crippen molar-refractivity contribution in [3.8, 4) is 5.75 Å². The summed E-state index contributed by atoms with van der Waals surface area (Å²) in [4.78, 5) is 48.1. The third-order valence-corrected chi connectivity index (χ3v) is 6.03. The number of hydrogen-bond acceptors (Lipinski definition) is 6. The number of amides is 1. The second-order valence-corrected chi connectivity index (χ2v) is 8.90. The van der Waals surface area contributed by atoms with Crippen molar-refractivity contribution in [1.29, 1.82) is 0 Å². The Balaban J connectivity index is 1.91. The number of carbonyl (C=O) groups is 2. The minimum atomic E-state index is -0.708. The van der Waals surface area contributed by atoms with E-state index in [1.165, 1.54) is 16.5 Å². The molecule has 0 saturated carbocycles. The molecule has 0 unspecified atom stereocenters. The predicted molar refractivity (Wildman–Crippen MR) is 140 cm³/mol. The van der Waals surface area contributed by atoms with Crippen LogP contribution in [0.5, 0.6) is 5.75 Å². The van der Waals surface area contributed by atoms with E-state index < -0.39 is 18.5 Å². The van der Waals surface area contributed by atoms with E-state index in [4.69, 9.17) is 32.7 Å². The van der Waals surface area contributed by atoms with Crippen LogP contribution in [0.1, 0.15) is 37.0 Å². The predicted octanol–water partition coefficient (Wildman–Crippen LogP) is 4.44. The summed E-state index contributed by atoms with van der Waals surface area (Å²) in [5.74, 6) is -1.11. The molecule has 0 aliphatic rings. The molecular formula is C26H24Cl2N4O5.